The van der Waals surface area contributed by atoms with Crippen LogP contribution in [0.3, 0.4) is 0 Å². The highest BCUT2D eigenvalue weighted by molar-refractivity contribution is 6.70. The Hall–Kier alpha value is -0.122. The molecule has 2 rings (SSSR count). The van der Waals surface area contributed by atoms with Crippen molar-refractivity contribution in [3.05, 3.63) is 11.6 Å². The Labute approximate surface area is 414 Å². The van der Waals surface area contributed by atoms with Crippen molar-refractivity contribution < 1.29 is 81.3 Å². The molecule has 0 aromatic carbocycles. The van der Waals surface area contributed by atoms with E-state index in [1.807, 2.05) is 0 Å². The molecule has 7 nitrogen and oxygen atoms in total. The lowest BCUT2D eigenvalue weighted by Crippen LogP contribution is -2.42. The third-order valence-electron chi connectivity index (χ3n) is 10.4. The minimum atomic E-state index is -6.31. The molecule has 0 unspecified atom stereocenters. The lowest BCUT2D eigenvalue weighted by Gasteiger charge is -2.34. The zero-order valence-electron chi connectivity index (χ0n) is 70.7. The summed E-state index contributed by atoms with van der Waals surface area (Å²) in [6, 6.07) is 0. The molecule has 0 radical (unpaired) electrons. The average molecular weight is 922 g/mol. The molecule has 11 heteroatoms. The molecule has 0 aromatic rings. The van der Waals surface area contributed by atoms with Crippen LogP contribution in [0.2, 0.25) is 77.7 Å². The zero-order valence-corrected chi connectivity index (χ0v) is 38.7. The normalized spacial score (nSPS) is 33.4. The molecule has 0 N–H and O–H groups in total. The highest BCUT2D eigenvalue weighted by Gasteiger charge is 2.40. The standard InChI is InChI=1S/C47H96O7Si4/c1-15-16-17-18-19-20-21-22-26-29-32-45(53-57(9,10)11)43-35-36-44(50-43)46(54-58(12,13)14)34-33-41(51-55(3,4)5)30-27-24-23-25-28-31-42(52-56(6,7)8)38-40-37-39(2)49-47(40)48/h37,39,41-46H,15-36,38H2,1-14H3/t39-,41+,42+,43+,44+,45+,46+/m0/s1/i3D3,4D3,5D3,6D3,7D3,8D3,9D3,10D3,11D3,12D3,13D3,14D3. The van der Waals surface area contributed by atoms with Gasteiger partial charge in [-0.1, -0.05) is 103 Å². The van der Waals surface area contributed by atoms with Gasteiger partial charge in [0.2, 0.25) is 0 Å². The highest BCUT2D eigenvalue weighted by atomic mass is 28.4. The number of carbonyl (C=O) groups excluding carboxylic acids is 1. The Balaban J connectivity index is 2.82. The van der Waals surface area contributed by atoms with Crippen molar-refractivity contribution in [3.63, 3.8) is 0 Å². The van der Waals surface area contributed by atoms with Crippen molar-refractivity contribution in [2.45, 2.75) is 282 Å². The number of cyclic esters (lactones) is 1. The van der Waals surface area contributed by atoms with Crippen LogP contribution in [0.1, 0.15) is 211 Å². The van der Waals surface area contributed by atoms with Gasteiger partial charge in [-0.25, -0.2) is 4.79 Å². The second kappa shape index (κ2) is 27.1. The summed E-state index contributed by atoms with van der Waals surface area (Å²) in [5, 5.41) is 0. The van der Waals surface area contributed by atoms with Crippen LogP contribution in [-0.2, 0) is 32.0 Å². The van der Waals surface area contributed by atoms with E-state index in [0.29, 0.717) is 12.8 Å². The third-order valence-corrected chi connectivity index (χ3v) is 13.1. The maximum Gasteiger partial charge on any atom is 0.334 e. The minimum Gasteiger partial charge on any atom is -0.455 e. The van der Waals surface area contributed by atoms with E-state index >= 15 is 0 Å². The molecule has 58 heavy (non-hydrogen) atoms. The first kappa shape index (κ1) is 20.8. The van der Waals surface area contributed by atoms with Gasteiger partial charge in [0.05, 0.1) is 24.4 Å². The smallest absolute Gasteiger partial charge is 0.334 e. The Morgan fingerprint density at radius 3 is 1.45 bits per heavy atom. The summed E-state index contributed by atoms with van der Waals surface area (Å²) in [4.78, 5) is 12.7. The fourth-order valence-corrected chi connectivity index (χ4v) is 10.7. The van der Waals surface area contributed by atoms with Crippen molar-refractivity contribution in [3.8, 4) is 0 Å². The molecule has 0 amide bonds. The Bertz CT molecular complexity index is 2210. The fourth-order valence-electron chi connectivity index (χ4n) is 7.78. The van der Waals surface area contributed by atoms with Gasteiger partial charge in [-0.3, -0.25) is 0 Å². The molecule has 7 atom stereocenters. The summed E-state index contributed by atoms with van der Waals surface area (Å²) in [7, 11) is -24.3. The second-order valence-electron chi connectivity index (χ2n) is 16.2. The van der Waals surface area contributed by atoms with Gasteiger partial charge < -0.3 is 27.2 Å². The summed E-state index contributed by atoms with van der Waals surface area (Å²) < 4.78 is 337. The molecule has 0 aliphatic carbocycles. The van der Waals surface area contributed by atoms with Gasteiger partial charge in [0.25, 0.3) is 0 Å². The molecule has 2 heterocycles. The summed E-state index contributed by atoms with van der Waals surface area (Å²) >= 11 is 0. The van der Waals surface area contributed by atoms with Crippen LogP contribution in [0, 0.1) is 0 Å². The maximum atomic E-state index is 12.7. The van der Waals surface area contributed by atoms with Gasteiger partial charge in [-0.05, 0) is 136 Å². The number of hydrogen-bond donors (Lipinski definition) is 0. The molecule has 0 bridgehead atoms. The van der Waals surface area contributed by atoms with E-state index in [0.717, 1.165) is 44.9 Å². The van der Waals surface area contributed by atoms with Gasteiger partial charge in [0, 0.05) is 73.5 Å². The van der Waals surface area contributed by atoms with E-state index in [4.69, 9.17) is 76.5 Å². The maximum absolute atomic E-state index is 12.7. The first-order chi connectivity index (χ1) is 42.0. The van der Waals surface area contributed by atoms with Crippen LogP contribution in [0.25, 0.3) is 0 Å². The molecule has 0 spiro atoms. The first-order valence-electron chi connectivity index (χ1n) is 39.3. The lowest BCUT2D eigenvalue weighted by molar-refractivity contribution is -0.139. The average Bonchev–Trinajstić information content (AvgIpc) is 0.848. The van der Waals surface area contributed by atoms with Crippen LogP contribution >= 0.6 is 0 Å². The van der Waals surface area contributed by atoms with Crippen LogP contribution in [0.4, 0.5) is 0 Å². The second-order valence-corrected chi connectivity index (χ2v) is 22.6. The van der Waals surface area contributed by atoms with Crippen molar-refractivity contribution in [2.24, 2.45) is 0 Å². The van der Waals surface area contributed by atoms with Gasteiger partial charge in [0.15, 0.2) is 33.3 Å². The van der Waals surface area contributed by atoms with E-state index < -0.39 is 185 Å². The topological polar surface area (TPSA) is 72.5 Å². The molecule has 2 aliphatic rings. The number of hydrogen-bond acceptors (Lipinski definition) is 7. The van der Waals surface area contributed by atoms with E-state index in [9.17, 15) is 4.79 Å². The van der Waals surface area contributed by atoms with E-state index in [2.05, 4.69) is 6.92 Å². The molecule has 2 aliphatic heterocycles. The molecule has 342 valence electrons. The van der Waals surface area contributed by atoms with Crippen molar-refractivity contribution >= 4 is 39.2 Å². The molecule has 0 saturated carbocycles. The monoisotopic (exact) mass is 921 g/mol. The number of carbonyl (C=O) groups is 1. The Kier molecular flexibility index (Phi) is 9.74. The Morgan fingerprint density at radius 1 is 0.569 bits per heavy atom. The van der Waals surface area contributed by atoms with Crippen molar-refractivity contribution in [1.29, 1.82) is 0 Å². The lowest BCUT2D eigenvalue weighted by atomic mass is 9.98. The quantitative estimate of drug-likeness (QED) is 0.0362. The van der Waals surface area contributed by atoms with Gasteiger partial charge in [-0.15, -0.1) is 0 Å². The van der Waals surface area contributed by atoms with E-state index in [1.54, 1.807) is 0 Å². The molecule has 0 aromatic heterocycles. The van der Waals surface area contributed by atoms with Crippen molar-refractivity contribution in [1.82, 2.24) is 0 Å². The first-order valence-corrected chi connectivity index (χ1v) is 29.0. The number of unbranched alkanes of at least 4 members (excludes halogenated alkanes) is 13. The number of rotatable bonds is 34. The van der Waals surface area contributed by atoms with E-state index in [-0.39, 0.29) is 69.8 Å². The van der Waals surface area contributed by atoms with Gasteiger partial charge >= 0.3 is 5.97 Å². The Morgan fingerprint density at radius 2 is 0.983 bits per heavy atom. The van der Waals surface area contributed by atoms with Gasteiger partial charge in [0.1, 0.15) is 6.10 Å². The largest absolute Gasteiger partial charge is 0.455 e. The summed E-state index contributed by atoms with van der Waals surface area (Å²) in [5.74, 6) is -0.824. The number of esters is 1. The fraction of sp³-hybridized carbons (Fsp3) is 0.936. The predicted octanol–water partition coefficient (Wildman–Crippen LogP) is 14.5. The molecular weight excluding hydrogens is 789 g/mol. The van der Waals surface area contributed by atoms with Crippen LogP contribution in [-0.4, -0.2) is 82.0 Å². The SMILES string of the molecule is [2H]C([2H])([2H])[Si](O[C@H](CCCCCCC[C@H](CC1=C[C@H](C)OC1=O)O[Si](C([2H])([2H])[2H])(C([2H])([2H])[2H])C([2H])([2H])[2H])CC[C@@H](O[Si](C([2H])([2H])[2H])(C([2H])([2H])[2H])C([2H])([2H])[2H])[C@H]1CC[C@H]([C@@H](CCCCCCCCCCCC)O[Si](C([2H])([2H])[2H])(C([2H])([2H])[2H])C([2H])([2H])[2H])O1)(C([2H])([2H])[2H])C([2H])([2H])[2H]. The predicted molar refractivity (Wildman–Crippen MR) is 257 cm³/mol. The molecular formula is C47H96O7Si4. The minimum absolute atomic E-state index is 0.0209. The van der Waals surface area contributed by atoms with E-state index in [1.165, 1.54) is 13.0 Å². The van der Waals surface area contributed by atoms with Crippen LogP contribution < -0.4 is 0 Å². The van der Waals surface area contributed by atoms with Gasteiger partial charge in [-0.2, -0.15) is 0 Å². The summed E-state index contributed by atoms with van der Waals surface area (Å²) in [5.41, 5.74) is -0.0209. The van der Waals surface area contributed by atoms with Crippen LogP contribution in [0.15, 0.2) is 11.6 Å². The van der Waals surface area contributed by atoms with Crippen LogP contribution in [0.5, 0.6) is 0 Å². The number of ether oxygens (including phenoxy) is 2. The highest BCUT2D eigenvalue weighted by Crippen LogP contribution is 2.34. The third kappa shape index (κ3) is 26.4. The summed E-state index contributed by atoms with van der Waals surface area (Å²) in [6.45, 7) is -41.7. The summed E-state index contributed by atoms with van der Waals surface area (Å²) in [6.07, 6.45) is -3.87. The zero-order chi connectivity index (χ0) is 73.4. The molecule has 1 saturated heterocycles. The van der Waals surface area contributed by atoms with Crippen molar-refractivity contribution in [2.75, 3.05) is 0 Å². The molecule has 1 fully saturated rings.